The molecule has 3 aromatic carbocycles. The molecule has 2 N–H and O–H groups in total. The zero-order valence-corrected chi connectivity index (χ0v) is 21.6. The van der Waals surface area contributed by atoms with Crippen molar-refractivity contribution in [1.82, 2.24) is 9.97 Å². The van der Waals surface area contributed by atoms with Gasteiger partial charge in [-0.25, -0.2) is 4.98 Å². The summed E-state index contributed by atoms with van der Waals surface area (Å²) < 4.78 is 21.8. The standard InChI is InChI=1S/C28H27N3O5S/c1-17(27(32)29-20-8-13-23-24(16-20)36-15-14-35-23)37-28-30-25(18-4-9-21(33-2)10-5-18)26(31-28)19-6-11-22(34-3)12-7-19/h4-13,16-17H,14-15H2,1-3H3,(H,29,32)(H,30,31). The molecular weight excluding hydrogens is 490 g/mol. The van der Waals surface area contributed by atoms with Crippen LogP contribution in [0.3, 0.4) is 0 Å². The van der Waals surface area contributed by atoms with Gasteiger partial charge >= 0.3 is 0 Å². The Labute approximate surface area is 219 Å². The molecule has 190 valence electrons. The van der Waals surface area contributed by atoms with Crippen LogP contribution >= 0.6 is 11.8 Å². The number of imidazole rings is 1. The van der Waals surface area contributed by atoms with Crippen LogP contribution in [0.1, 0.15) is 6.92 Å². The summed E-state index contributed by atoms with van der Waals surface area (Å²) in [5.41, 5.74) is 4.19. The molecule has 0 radical (unpaired) electrons. The molecule has 1 unspecified atom stereocenters. The number of carbonyl (C=O) groups is 1. The van der Waals surface area contributed by atoms with E-state index in [-0.39, 0.29) is 5.91 Å². The summed E-state index contributed by atoms with van der Waals surface area (Å²) in [6, 6.07) is 20.9. The summed E-state index contributed by atoms with van der Waals surface area (Å²) in [5, 5.41) is 3.19. The van der Waals surface area contributed by atoms with Crippen LogP contribution in [0.4, 0.5) is 5.69 Å². The highest BCUT2D eigenvalue weighted by molar-refractivity contribution is 8.00. The van der Waals surface area contributed by atoms with E-state index in [0.29, 0.717) is 35.6 Å². The van der Waals surface area contributed by atoms with Gasteiger partial charge in [0.05, 0.1) is 30.9 Å². The number of nitrogens with one attached hydrogen (secondary N) is 2. The molecule has 1 aliphatic heterocycles. The van der Waals surface area contributed by atoms with Gasteiger partial charge in [0.25, 0.3) is 0 Å². The fourth-order valence-corrected chi connectivity index (χ4v) is 4.72. The van der Waals surface area contributed by atoms with Gasteiger partial charge in [0.1, 0.15) is 24.7 Å². The van der Waals surface area contributed by atoms with Crippen LogP contribution in [0.25, 0.3) is 22.5 Å². The number of hydrogen-bond donors (Lipinski definition) is 2. The van der Waals surface area contributed by atoms with Gasteiger partial charge in [0.2, 0.25) is 5.91 Å². The number of aromatic nitrogens is 2. The van der Waals surface area contributed by atoms with E-state index in [1.54, 1.807) is 32.4 Å². The number of nitrogens with zero attached hydrogens (tertiary/aromatic N) is 1. The minimum Gasteiger partial charge on any atom is -0.497 e. The number of rotatable bonds is 8. The molecule has 0 saturated heterocycles. The second kappa shape index (κ2) is 10.9. The number of amides is 1. The van der Waals surface area contributed by atoms with Gasteiger partial charge in [-0.2, -0.15) is 0 Å². The number of H-pyrrole nitrogens is 1. The summed E-state index contributed by atoms with van der Waals surface area (Å²) in [4.78, 5) is 21.3. The molecule has 1 aromatic heterocycles. The van der Waals surface area contributed by atoms with Gasteiger partial charge in [0, 0.05) is 22.9 Å². The van der Waals surface area contributed by atoms with Crippen molar-refractivity contribution in [3.63, 3.8) is 0 Å². The average molecular weight is 518 g/mol. The number of fused-ring (bicyclic) bond motifs is 1. The number of hydrogen-bond acceptors (Lipinski definition) is 7. The van der Waals surface area contributed by atoms with E-state index in [0.717, 1.165) is 34.0 Å². The highest BCUT2D eigenvalue weighted by Gasteiger charge is 2.21. The normalized spacial score (nSPS) is 13.1. The lowest BCUT2D eigenvalue weighted by Crippen LogP contribution is -2.23. The Morgan fingerprint density at radius 1 is 0.919 bits per heavy atom. The quantitative estimate of drug-likeness (QED) is 0.292. The Hall–Kier alpha value is -4.11. The van der Waals surface area contributed by atoms with Gasteiger partial charge in [-0.3, -0.25) is 4.79 Å². The molecule has 4 aromatic rings. The number of carbonyl (C=O) groups excluding carboxylic acids is 1. The number of ether oxygens (including phenoxy) is 4. The van der Waals surface area contributed by atoms with Crippen molar-refractivity contribution in [3.05, 3.63) is 66.7 Å². The van der Waals surface area contributed by atoms with Crippen LogP contribution in [0, 0.1) is 0 Å². The smallest absolute Gasteiger partial charge is 0.237 e. The molecule has 5 rings (SSSR count). The zero-order chi connectivity index (χ0) is 25.8. The highest BCUT2D eigenvalue weighted by Crippen LogP contribution is 2.36. The molecule has 9 heteroatoms. The molecule has 0 saturated carbocycles. The SMILES string of the molecule is COc1ccc(-c2nc(SC(C)C(=O)Nc3ccc4c(c3)OCCO4)[nH]c2-c2ccc(OC)cc2)cc1. The molecule has 8 nitrogen and oxygen atoms in total. The lowest BCUT2D eigenvalue weighted by Gasteiger charge is -2.19. The Bertz CT molecular complexity index is 1320. The average Bonchev–Trinajstić information content (AvgIpc) is 3.36. The molecule has 1 aliphatic rings. The monoisotopic (exact) mass is 517 g/mol. The predicted octanol–water partition coefficient (Wildman–Crippen LogP) is 5.65. The van der Waals surface area contributed by atoms with E-state index < -0.39 is 5.25 Å². The van der Waals surface area contributed by atoms with E-state index in [2.05, 4.69) is 10.3 Å². The first-order chi connectivity index (χ1) is 18.0. The molecule has 0 bridgehead atoms. The summed E-state index contributed by atoms with van der Waals surface area (Å²) >= 11 is 1.36. The van der Waals surface area contributed by atoms with Gasteiger partial charge in [-0.1, -0.05) is 11.8 Å². The Balaban J connectivity index is 1.38. The molecule has 37 heavy (non-hydrogen) atoms. The van der Waals surface area contributed by atoms with Crippen LogP contribution in [0.5, 0.6) is 23.0 Å². The minimum atomic E-state index is -0.410. The maximum atomic E-state index is 13.0. The molecule has 1 amide bonds. The number of thioether (sulfide) groups is 1. The lowest BCUT2D eigenvalue weighted by molar-refractivity contribution is -0.115. The number of aromatic amines is 1. The van der Waals surface area contributed by atoms with Crippen molar-refractivity contribution < 1.29 is 23.7 Å². The van der Waals surface area contributed by atoms with E-state index in [4.69, 9.17) is 23.9 Å². The third kappa shape index (κ3) is 5.51. The summed E-state index contributed by atoms with van der Waals surface area (Å²) in [7, 11) is 3.28. The molecule has 0 aliphatic carbocycles. The van der Waals surface area contributed by atoms with Crippen molar-refractivity contribution in [2.45, 2.75) is 17.3 Å². The fraction of sp³-hybridized carbons (Fsp3) is 0.214. The molecule has 1 atom stereocenters. The van der Waals surface area contributed by atoms with Gasteiger partial charge in [-0.15, -0.1) is 0 Å². The molecule has 2 heterocycles. The fourth-order valence-electron chi connectivity index (χ4n) is 3.92. The summed E-state index contributed by atoms with van der Waals surface area (Å²) in [6.45, 7) is 2.86. The predicted molar refractivity (Wildman–Crippen MR) is 144 cm³/mol. The van der Waals surface area contributed by atoms with Gasteiger partial charge < -0.3 is 29.2 Å². The first kappa shape index (κ1) is 24.6. The van der Waals surface area contributed by atoms with Crippen LogP contribution in [0.15, 0.2) is 71.9 Å². The van der Waals surface area contributed by atoms with Crippen LogP contribution in [-0.4, -0.2) is 48.6 Å². The van der Waals surface area contributed by atoms with Gasteiger partial charge in [-0.05, 0) is 67.6 Å². The van der Waals surface area contributed by atoms with Crippen molar-refractivity contribution in [2.24, 2.45) is 0 Å². The Morgan fingerprint density at radius 2 is 1.54 bits per heavy atom. The topological polar surface area (TPSA) is 94.7 Å². The van der Waals surface area contributed by atoms with E-state index in [1.807, 2.05) is 55.5 Å². The number of methoxy groups -OCH3 is 2. The van der Waals surface area contributed by atoms with Gasteiger partial charge in [0.15, 0.2) is 16.7 Å². The first-order valence-electron chi connectivity index (χ1n) is 11.8. The van der Waals surface area contributed by atoms with E-state index >= 15 is 0 Å². The minimum absolute atomic E-state index is 0.143. The van der Waals surface area contributed by atoms with E-state index in [9.17, 15) is 4.79 Å². The van der Waals surface area contributed by atoms with Crippen molar-refractivity contribution in [3.8, 4) is 45.5 Å². The maximum absolute atomic E-state index is 13.0. The third-order valence-electron chi connectivity index (χ3n) is 5.89. The molecule has 0 spiro atoms. The molecular formula is C28H27N3O5S. The van der Waals surface area contributed by atoms with Crippen LogP contribution in [0.2, 0.25) is 0 Å². The van der Waals surface area contributed by atoms with Crippen LogP contribution in [-0.2, 0) is 4.79 Å². The number of benzene rings is 3. The van der Waals surface area contributed by atoms with E-state index in [1.165, 1.54) is 11.8 Å². The molecule has 0 fully saturated rings. The maximum Gasteiger partial charge on any atom is 0.237 e. The van der Waals surface area contributed by atoms with Crippen molar-refractivity contribution in [2.75, 3.05) is 32.8 Å². The second-order valence-corrected chi connectivity index (χ2v) is 9.66. The Kier molecular flexibility index (Phi) is 7.23. The summed E-state index contributed by atoms with van der Waals surface area (Å²) in [5.74, 6) is 2.70. The lowest BCUT2D eigenvalue weighted by atomic mass is 10.0. The third-order valence-corrected chi connectivity index (χ3v) is 6.88. The highest BCUT2D eigenvalue weighted by atomic mass is 32.2. The number of anilines is 1. The van der Waals surface area contributed by atoms with Crippen molar-refractivity contribution >= 4 is 23.4 Å². The largest absolute Gasteiger partial charge is 0.497 e. The Morgan fingerprint density at radius 3 is 2.19 bits per heavy atom. The van der Waals surface area contributed by atoms with Crippen LogP contribution < -0.4 is 24.3 Å². The second-order valence-electron chi connectivity index (χ2n) is 8.33. The van der Waals surface area contributed by atoms with Crippen molar-refractivity contribution in [1.29, 1.82) is 0 Å². The zero-order valence-electron chi connectivity index (χ0n) is 20.7. The first-order valence-corrected chi connectivity index (χ1v) is 12.7. The summed E-state index contributed by atoms with van der Waals surface area (Å²) in [6.07, 6.45) is 0.